The summed E-state index contributed by atoms with van der Waals surface area (Å²) in [6.45, 7) is 19.4. The van der Waals surface area contributed by atoms with Crippen LogP contribution in [-0.2, 0) is 21.7 Å². The van der Waals surface area contributed by atoms with Crippen LogP contribution in [0.25, 0.3) is 137 Å². The van der Waals surface area contributed by atoms with Crippen LogP contribution >= 0.6 is 11.3 Å². The quantitative estimate of drug-likeness (QED) is 0.165. The highest BCUT2D eigenvalue weighted by molar-refractivity contribution is 7.26. The highest BCUT2D eigenvalue weighted by atomic mass is 32.1. The lowest BCUT2D eigenvalue weighted by molar-refractivity contribution is 0.332. The molecule has 1 aliphatic heterocycles. The van der Waals surface area contributed by atoms with Gasteiger partial charge in [0, 0.05) is 82.0 Å². The van der Waals surface area contributed by atoms with E-state index < -0.39 is 0 Å². The summed E-state index contributed by atoms with van der Waals surface area (Å²) in [7, 11) is 0. The molecular formula is C98H82N6OS. The third-order valence-corrected chi connectivity index (χ3v) is 26.4. The van der Waals surface area contributed by atoms with Gasteiger partial charge in [0.2, 0.25) is 0 Å². The monoisotopic (exact) mass is 1390 g/mol. The number of nitrogens with one attached hydrogen (secondary N) is 1. The van der Waals surface area contributed by atoms with Crippen LogP contribution in [0.3, 0.4) is 0 Å². The van der Waals surface area contributed by atoms with E-state index in [1.807, 2.05) is 6.07 Å². The Kier molecular flexibility index (Phi) is 13.8. The lowest BCUT2D eigenvalue weighted by atomic mass is 9.63. The van der Waals surface area contributed by atoms with Crippen LogP contribution < -0.4 is 5.32 Å². The van der Waals surface area contributed by atoms with Crippen molar-refractivity contribution in [2.24, 2.45) is 4.99 Å². The molecule has 6 heterocycles. The zero-order valence-electron chi connectivity index (χ0n) is 61.3. The van der Waals surface area contributed by atoms with Crippen LogP contribution in [0.1, 0.15) is 162 Å². The van der Waals surface area contributed by atoms with Crippen LogP contribution in [0.15, 0.2) is 263 Å². The molecule has 0 amide bonds. The highest BCUT2D eigenvalue weighted by Crippen LogP contribution is 2.53. The Morgan fingerprint density at radius 3 is 1.83 bits per heavy atom. The molecule has 0 spiro atoms. The number of aliphatic imine (C=N–C) groups is 1. The Morgan fingerprint density at radius 1 is 0.481 bits per heavy atom. The van der Waals surface area contributed by atoms with E-state index in [9.17, 15) is 0 Å². The van der Waals surface area contributed by atoms with Gasteiger partial charge in [0.15, 0.2) is 5.82 Å². The molecule has 516 valence electrons. The number of amidine groups is 1. The summed E-state index contributed by atoms with van der Waals surface area (Å²) in [5, 5.41) is 12.7. The number of hydrogen-bond acceptors (Lipinski definition) is 6. The van der Waals surface area contributed by atoms with Gasteiger partial charge < -0.3 is 18.9 Å². The van der Waals surface area contributed by atoms with Crippen LogP contribution in [0, 0.1) is 0 Å². The third-order valence-electron chi connectivity index (χ3n) is 25.2. The fraction of sp³-hybridized carbons (Fsp3) is 0.214. The van der Waals surface area contributed by atoms with E-state index in [-0.39, 0.29) is 33.6 Å². The number of thiophene rings is 1. The average Bonchev–Trinajstić information content (AvgIpc) is 1.51. The molecule has 2 unspecified atom stereocenters. The second-order valence-corrected chi connectivity index (χ2v) is 34.5. The Hall–Kier alpha value is -11.2. The maximum atomic E-state index is 6.59. The van der Waals surface area contributed by atoms with Crippen molar-refractivity contribution in [3.8, 4) is 28.3 Å². The molecule has 0 saturated heterocycles. The maximum absolute atomic E-state index is 6.59. The van der Waals surface area contributed by atoms with Gasteiger partial charge in [0.25, 0.3) is 0 Å². The second-order valence-electron chi connectivity index (χ2n) is 33.5. The predicted molar refractivity (Wildman–Crippen MR) is 446 cm³/mol. The summed E-state index contributed by atoms with van der Waals surface area (Å²) in [5.41, 5.74) is 30.0. The SMILES string of the molecule is CC1(C)CCC(C)(C)c2cc3c(cc21)c1ccccc1n3C1=CC=C(C2=NC(c3ccc4c(c3)oc3ccccc34)=C3C=Cc4ccc(C5=CC(c6cccc(-c7nc(-c8ccc(-n9c%10ccccc%10c%10cc%11c(cc%109)C(C)(C)CCC%11(C)C)cc8)nc8c7sc7ccccc78)c6)CC=C5)cc4C3N2)CC1. The first-order chi connectivity index (χ1) is 51.4. The lowest BCUT2D eigenvalue weighted by Crippen LogP contribution is -2.35. The number of fused-ring (bicyclic) bond motifs is 17. The molecule has 5 aromatic heterocycles. The Labute approximate surface area is 622 Å². The van der Waals surface area contributed by atoms with Crippen molar-refractivity contribution in [1.82, 2.24) is 24.4 Å². The van der Waals surface area contributed by atoms with Crippen LogP contribution in [0.2, 0.25) is 0 Å². The molecule has 6 aliphatic rings. The van der Waals surface area contributed by atoms with E-state index in [0.29, 0.717) is 0 Å². The summed E-state index contributed by atoms with van der Waals surface area (Å²) in [4.78, 5) is 16.7. The van der Waals surface area contributed by atoms with Gasteiger partial charge in [-0.1, -0.05) is 201 Å². The van der Waals surface area contributed by atoms with Gasteiger partial charge in [-0.25, -0.2) is 15.0 Å². The molecule has 0 radical (unpaired) electrons. The van der Waals surface area contributed by atoms with E-state index >= 15 is 0 Å². The molecule has 0 bridgehead atoms. The van der Waals surface area contributed by atoms with Gasteiger partial charge in [0.05, 0.1) is 49.7 Å². The summed E-state index contributed by atoms with van der Waals surface area (Å²) in [6.07, 6.45) is 23.8. The zero-order valence-corrected chi connectivity index (χ0v) is 62.1. The normalized spacial score (nSPS) is 19.2. The molecule has 106 heavy (non-hydrogen) atoms. The van der Waals surface area contributed by atoms with Gasteiger partial charge >= 0.3 is 0 Å². The lowest BCUT2D eigenvalue weighted by Gasteiger charge is -2.42. The second kappa shape index (κ2) is 23.2. The first-order valence-corrected chi connectivity index (χ1v) is 39.0. The minimum atomic E-state index is -0.163. The zero-order chi connectivity index (χ0) is 71.3. The van der Waals surface area contributed by atoms with Crippen molar-refractivity contribution in [3.05, 3.63) is 304 Å². The van der Waals surface area contributed by atoms with E-state index in [1.165, 1.54) is 135 Å². The molecule has 8 heteroatoms. The minimum absolute atomic E-state index is 0.0876. The molecule has 7 nitrogen and oxygen atoms in total. The number of para-hydroxylation sites is 3. The largest absolute Gasteiger partial charge is 0.456 e. The number of rotatable bonds is 8. The van der Waals surface area contributed by atoms with Crippen molar-refractivity contribution in [3.63, 3.8) is 0 Å². The van der Waals surface area contributed by atoms with Gasteiger partial charge in [-0.15, -0.1) is 11.3 Å². The molecule has 0 fully saturated rings. The van der Waals surface area contributed by atoms with Gasteiger partial charge in [-0.3, -0.25) is 0 Å². The third kappa shape index (κ3) is 9.85. The minimum Gasteiger partial charge on any atom is -0.456 e. The number of hydrogen-bond donors (Lipinski definition) is 1. The fourth-order valence-corrected chi connectivity index (χ4v) is 20.1. The summed E-state index contributed by atoms with van der Waals surface area (Å²) < 4.78 is 13.9. The summed E-state index contributed by atoms with van der Waals surface area (Å²) in [5.74, 6) is 1.77. The Bertz CT molecular complexity index is 6590. The van der Waals surface area contributed by atoms with Gasteiger partial charge in [-0.05, 0) is 225 Å². The maximum Gasteiger partial charge on any atom is 0.160 e. The van der Waals surface area contributed by atoms with Crippen LogP contribution in [0.5, 0.6) is 0 Å². The number of furan rings is 1. The van der Waals surface area contributed by atoms with Crippen LogP contribution in [-0.4, -0.2) is 24.9 Å². The average molecular weight is 1390 g/mol. The topological polar surface area (TPSA) is 73.2 Å². The van der Waals surface area contributed by atoms with Crippen molar-refractivity contribution in [1.29, 1.82) is 0 Å². The molecule has 2 atom stereocenters. The smallest absolute Gasteiger partial charge is 0.160 e. The fourth-order valence-electron chi connectivity index (χ4n) is 18.9. The van der Waals surface area contributed by atoms with Crippen LogP contribution in [0.4, 0.5) is 0 Å². The van der Waals surface area contributed by atoms with E-state index in [4.69, 9.17) is 19.4 Å². The molecule has 10 aromatic carbocycles. The van der Waals surface area contributed by atoms with Gasteiger partial charge in [-0.2, -0.15) is 0 Å². The van der Waals surface area contributed by atoms with Gasteiger partial charge in [0.1, 0.15) is 17.0 Å². The Balaban J connectivity index is 0.627. The molecule has 15 aromatic rings. The molecule has 0 saturated carbocycles. The van der Waals surface area contributed by atoms with E-state index in [1.54, 1.807) is 11.3 Å². The molecule has 1 N–H and O–H groups in total. The van der Waals surface area contributed by atoms with Crippen molar-refractivity contribution >= 4 is 126 Å². The predicted octanol–water partition coefficient (Wildman–Crippen LogP) is 25.9. The Morgan fingerprint density at radius 2 is 1.11 bits per heavy atom. The van der Waals surface area contributed by atoms with Crippen molar-refractivity contribution < 1.29 is 4.42 Å². The van der Waals surface area contributed by atoms with E-state index in [2.05, 4.69) is 313 Å². The first kappa shape index (κ1) is 63.3. The molecule has 21 rings (SSSR count). The first-order valence-electron chi connectivity index (χ1n) is 38.1. The number of benzene rings is 10. The van der Waals surface area contributed by atoms with Crippen molar-refractivity contribution in [2.45, 2.75) is 134 Å². The standard InChI is InChI=1S/C98H82N6OS/c1-95(2)45-47-97(5,6)79-55-83-75(53-77(79)95)68-23-9-13-27-81(68)103(83)66-39-33-58(34-40-66)93-99-88(65-38-43-71-70-25-11-15-29-85(70)105-86(71)52-65)73-44-37-57-31-32-63(51-74(57)90(73)101-93)61-20-17-19-60(49-61)62-21-18-22-64(50-62)89-92-91(72-26-12-16-30-87(72)106-92)102-94(100-89)59-35-41-67(42-36-59)104-82-28-14-10-24-69(82)76-54-78-80(56-84(76)104)98(7,8)48-46-96(78,3)4/h9-18,20-33,35-39,41-44,49-56,60,90H,19,34,40,45-48H2,1-8H3,(H,99,101). The summed E-state index contributed by atoms with van der Waals surface area (Å²) in [6, 6.07) is 76.8. The number of aromatic nitrogens is 4. The van der Waals surface area contributed by atoms with Crippen molar-refractivity contribution in [2.75, 3.05) is 0 Å². The molecular weight excluding hydrogens is 1310 g/mol. The summed E-state index contributed by atoms with van der Waals surface area (Å²) >= 11 is 1.79. The highest BCUT2D eigenvalue weighted by Gasteiger charge is 2.41. The molecule has 5 aliphatic carbocycles. The number of allylic oxidation sites excluding steroid dienone is 7. The van der Waals surface area contributed by atoms with E-state index in [0.717, 1.165) is 108 Å². The number of nitrogens with zero attached hydrogens (tertiary/aromatic N) is 5.